The summed E-state index contributed by atoms with van der Waals surface area (Å²) < 4.78 is 72.6. The van der Waals surface area contributed by atoms with Crippen molar-refractivity contribution in [1.82, 2.24) is 9.80 Å². The minimum atomic E-state index is -3.89. The summed E-state index contributed by atoms with van der Waals surface area (Å²) in [6.45, 7) is 7.87. The number of ether oxygens (including phenoxy) is 1. The summed E-state index contributed by atoms with van der Waals surface area (Å²) in [7, 11) is -3.89. The summed E-state index contributed by atoms with van der Waals surface area (Å²) >= 11 is 0. The molecule has 2 aliphatic rings. The fraction of sp³-hybridized carbons (Fsp3) is 0.435. The smallest absolute Gasteiger partial charge is 0.410 e. The number of para-hydroxylation sites is 1. The van der Waals surface area contributed by atoms with Gasteiger partial charge < -0.3 is 9.64 Å². The van der Waals surface area contributed by atoms with Crippen LogP contribution < -0.4 is 8.61 Å². The topological polar surface area (TPSA) is 79.7 Å². The molecule has 12 heteroatoms. The maximum atomic E-state index is 14.9. The molecule has 0 aromatic heterocycles. The largest absolute Gasteiger partial charge is 0.444 e. The number of anilines is 3. The van der Waals surface area contributed by atoms with Crippen LogP contribution in [0.4, 0.5) is 35.0 Å². The second kappa shape index (κ2) is 9.41. The first kappa shape index (κ1) is 25.4. The van der Waals surface area contributed by atoms with E-state index in [9.17, 15) is 27.1 Å². The standard InChI is InChI=1S/C23H29F3N4O4S/c1-23(2,3)34-22(31)28-12-9-27(10-13-28)11-14-29-20-6-4-5-17(25)21(20)30(35(29,32)33)19-8-7-16(24)15-18(19)26/h4-8,15,32-33H,9-14H2,1-3H3. The molecule has 4 rings (SSSR count). The van der Waals surface area contributed by atoms with E-state index < -0.39 is 34.0 Å². The van der Waals surface area contributed by atoms with Crippen LogP contribution in [0.25, 0.3) is 0 Å². The highest BCUT2D eigenvalue weighted by Gasteiger charge is 2.44. The van der Waals surface area contributed by atoms with Gasteiger partial charge in [-0.25, -0.2) is 26.6 Å². The van der Waals surface area contributed by atoms with Crippen molar-refractivity contribution in [2.75, 3.05) is 47.9 Å². The van der Waals surface area contributed by atoms with E-state index in [-0.39, 0.29) is 29.7 Å². The van der Waals surface area contributed by atoms with Gasteiger partial charge in [0.1, 0.15) is 22.8 Å². The third-order valence-electron chi connectivity index (χ3n) is 5.75. The van der Waals surface area contributed by atoms with E-state index in [2.05, 4.69) is 0 Å². The summed E-state index contributed by atoms with van der Waals surface area (Å²) in [6.07, 6.45) is -0.382. The highest BCUT2D eigenvalue weighted by atomic mass is 32.3. The molecule has 2 aromatic carbocycles. The molecular formula is C23H29F3N4O4S. The molecule has 1 fully saturated rings. The molecule has 1 saturated heterocycles. The zero-order valence-electron chi connectivity index (χ0n) is 19.7. The molecule has 0 aliphatic carbocycles. The Morgan fingerprint density at radius 2 is 1.66 bits per heavy atom. The molecule has 35 heavy (non-hydrogen) atoms. The predicted octanol–water partition coefficient (Wildman–Crippen LogP) is 5.20. The van der Waals surface area contributed by atoms with Crippen LogP contribution in [0.3, 0.4) is 0 Å². The lowest BCUT2D eigenvalue weighted by Gasteiger charge is -2.44. The van der Waals surface area contributed by atoms with Crippen molar-refractivity contribution < 1.29 is 31.8 Å². The number of fused-ring (bicyclic) bond motifs is 1. The molecule has 2 N–H and O–H groups in total. The Balaban J connectivity index is 1.49. The Morgan fingerprint density at radius 1 is 0.971 bits per heavy atom. The fourth-order valence-electron chi connectivity index (χ4n) is 4.11. The number of piperazine rings is 1. The van der Waals surface area contributed by atoms with Gasteiger partial charge >= 0.3 is 6.09 Å². The molecule has 2 aliphatic heterocycles. The van der Waals surface area contributed by atoms with E-state index in [1.54, 1.807) is 25.7 Å². The van der Waals surface area contributed by atoms with E-state index in [0.29, 0.717) is 38.8 Å². The number of rotatable bonds is 4. The van der Waals surface area contributed by atoms with E-state index in [1.165, 1.54) is 16.4 Å². The van der Waals surface area contributed by atoms with Gasteiger partial charge in [-0.15, -0.1) is 0 Å². The van der Waals surface area contributed by atoms with E-state index in [1.807, 2.05) is 4.90 Å². The quantitative estimate of drug-likeness (QED) is 0.581. The molecule has 192 valence electrons. The van der Waals surface area contributed by atoms with Gasteiger partial charge in [0.15, 0.2) is 11.6 Å². The summed E-state index contributed by atoms with van der Waals surface area (Å²) in [5.74, 6) is -2.64. The van der Waals surface area contributed by atoms with Gasteiger partial charge in [-0.05, 0) is 56.0 Å². The summed E-state index contributed by atoms with van der Waals surface area (Å²) in [6, 6.07) is 6.73. The molecule has 2 heterocycles. The summed E-state index contributed by atoms with van der Waals surface area (Å²) in [5, 5.41) is 0. The molecule has 0 saturated carbocycles. The molecule has 0 radical (unpaired) electrons. The lowest BCUT2D eigenvalue weighted by Crippen LogP contribution is -2.51. The number of carbonyl (C=O) groups excluding carboxylic acids is 1. The number of halogens is 3. The molecule has 0 atom stereocenters. The average molecular weight is 515 g/mol. The van der Waals surface area contributed by atoms with Gasteiger partial charge in [0, 0.05) is 38.8 Å². The Kier molecular flexibility index (Phi) is 6.84. The number of carbonyl (C=O) groups is 1. The number of benzene rings is 2. The van der Waals surface area contributed by atoms with Crippen LogP contribution in [-0.2, 0) is 4.74 Å². The number of hydrogen-bond acceptors (Lipinski definition) is 7. The van der Waals surface area contributed by atoms with Gasteiger partial charge in [0.2, 0.25) is 0 Å². The lowest BCUT2D eigenvalue weighted by atomic mass is 10.2. The SMILES string of the molecule is CC(C)(C)OC(=O)N1CCN(CCN2c3cccc(F)c3N(c3ccc(F)cc3F)S2(O)O)CC1. The van der Waals surface area contributed by atoms with Crippen molar-refractivity contribution in [3.05, 3.63) is 53.8 Å². The maximum Gasteiger partial charge on any atom is 0.410 e. The van der Waals surface area contributed by atoms with Crippen LogP contribution in [0.15, 0.2) is 36.4 Å². The molecular weight excluding hydrogens is 485 g/mol. The van der Waals surface area contributed by atoms with Gasteiger partial charge in [-0.2, -0.15) is 0 Å². The first-order chi connectivity index (χ1) is 16.4. The normalized spacial score (nSPS) is 19.0. The van der Waals surface area contributed by atoms with Crippen LogP contribution in [0.1, 0.15) is 20.8 Å². The van der Waals surface area contributed by atoms with Crippen molar-refractivity contribution in [3.8, 4) is 0 Å². The van der Waals surface area contributed by atoms with Gasteiger partial charge in [0.05, 0.1) is 12.2 Å². The first-order valence-electron chi connectivity index (χ1n) is 11.2. The number of hydrogen-bond donors (Lipinski definition) is 2. The highest BCUT2D eigenvalue weighted by molar-refractivity contribution is 8.27. The maximum absolute atomic E-state index is 14.9. The molecule has 2 aromatic rings. The van der Waals surface area contributed by atoms with Crippen molar-refractivity contribution in [3.63, 3.8) is 0 Å². The van der Waals surface area contributed by atoms with Crippen LogP contribution in [0.2, 0.25) is 0 Å². The average Bonchev–Trinajstić information content (AvgIpc) is 2.98. The Morgan fingerprint density at radius 3 is 2.29 bits per heavy atom. The first-order valence-corrected chi connectivity index (χ1v) is 12.6. The minimum Gasteiger partial charge on any atom is -0.444 e. The summed E-state index contributed by atoms with van der Waals surface area (Å²) in [5.41, 5.74) is -0.920. The molecule has 1 amide bonds. The van der Waals surface area contributed by atoms with Crippen molar-refractivity contribution >= 4 is 34.1 Å². The molecule has 0 unspecified atom stereocenters. The Labute approximate surface area is 204 Å². The zero-order valence-corrected chi connectivity index (χ0v) is 20.6. The zero-order chi connectivity index (χ0) is 25.5. The highest BCUT2D eigenvalue weighted by Crippen LogP contribution is 2.64. The van der Waals surface area contributed by atoms with E-state index >= 15 is 0 Å². The molecule has 8 nitrogen and oxygen atoms in total. The minimum absolute atomic E-state index is 0.102. The third kappa shape index (κ3) is 5.15. The van der Waals surface area contributed by atoms with Crippen molar-refractivity contribution in [2.45, 2.75) is 26.4 Å². The molecule has 0 bridgehead atoms. The Bertz CT molecular complexity index is 1110. The van der Waals surface area contributed by atoms with Crippen LogP contribution in [0.5, 0.6) is 0 Å². The lowest BCUT2D eigenvalue weighted by molar-refractivity contribution is 0.0148. The Hall–Kier alpha value is -2.67. The molecule has 0 spiro atoms. The summed E-state index contributed by atoms with van der Waals surface area (Å²) in [4.78, 5) is 15.9. The van der Waals surface area contributed by atoms with Crippen LogP contribution >= 0.6 is 11.0 Å². The van der Waals surface area contributed by atoms with Crippen molar-refractivity contribution in [1.29, 1.82) is 0 Å². The second-order valence-electron chi connectivity index (χ2n) is 9.40. The van der Waals surface area contributed by atoms with E-state index in [0.717, 1.165) is 22.5 Å². The number of nitrogens with zero attached hydrogens (tertiary/aromatic N) is 4. The van der Waals surface area contributed by atoms with Gasteiger partial charge in [-0.1, -0.05) is 6.07 Å². The number of amides is 1. The van der Waals surface area contributed by atoms with E-state index in [4.69, 9.17) is 4.74 Å². The third-order valence-corrected chi connectivity index (χ3v) is 7.59. The fourth-order valence-corrected chi connectivity index (χ4v) is 5.89. The van der Waals surface area contributed by atoms with Crippen LogP contribution in [-0.4, -0.2) is 69.9 Å². The van der Waals surface area contributed by atoms with Crippen LogP contribution in [0, 0.1) is 17.5 Å². The van der Waals surface area contributed by atoms with Gasteiger partial charge in [-0.3, -0.25) is 14.0 Å². The monoisotopic (exact) mass is 514 g/mol. The van der Waals surface area contributed by atoms with Crippen molar-refractivity contribution in [2.24, 2.45) is 0 Å². The second-order valence-corrected chi connectivity index (χ2v) is 11.2. The van der Waals surface area contributed by atoms with Gasteiger partial charge in [0.25, 0.3) is 0 Å². The predicted molar refractivity (Wildman–Crippen MR) is 129 cm³/mol.